The van der Waals surface area contributed by atoms with Gasteiger partial charge in [0.25, 0.3) is 5.56 Å². The maximum absolute atomic E-state index is 12.1. The van der Waals surface area contributed by atoms with Gasteiger partial charge in [-0.2, -0.15) is 24.3 Å². The van der Waals surface area contributed by atoms with Gasteiger partial charge in [0, 0.05) is 57.6 Å². The van der Waals surface area contributed by atoms with Crippen LogP contribution in [0.5, 0.6) is 0 Å². The molecule has 2 aromatic heterocycles. The standard InChI is InChI=1S/C14H11NO.C14H9NO.Y/c2*1-15-13-9-5-4-7-11(13)10-6-2-3-8-12(10)14(15)16;/h2-9H,1H3;2-5,8-9H,1H3;/q;-2;. The van der Waals surface area contributed by atoms with Crippen molar-refractivity contribution in [2.24, 2.45) is 14.1 Å². The van der Waals surface area contributed by atoms with Gasteiger partial charge in [-0.05, 0) is 17.5 Å². The summed E-state index contributed by atoms with van der Waals surface area (Å²) in [5.41, 5.74) is 1.95. The Bertz CT molecular complexity index is 1620. The fourth-order valence-electron chi connectivity index (χ4n) is 4.21. The summed E-state index contributed by atoms with van der Waals surface area (Å²) in [4.78, 5) is 24.2. The third-order valence-electron chi connectivity index (χ3n) is 5.85. The molecule has 4 nitrogen and oxygen atoms in total. The summed E-state index contributed by atoms with van der Waals surface area (Å²) in [7, 11) is 3.60. The molecule has 4 aromatic carbocycles. The van der Waals surface area contributed by atoms with Crippen LogP contribution in [0, 0.1) is 12.1 Å². The second-order valence-corrected chi connectivity index (χ2v) is 7.68. The largest absolute Gasteiger partial charge is 0.369 e. The van der Waals surface area contributed by atoms with E-state index in [9.17, 15) is 9.59 Å². The second-order valence-electron chi connectivity index (χ2n) is 7.68. The van der Waals surface area contributed by atoms with Crippen LogP contribution in [0.4, 0.5) is 0 Å². The van der Waals surface area contributed by atoms with Gasteiger partial charge in [0.1, 0.15) is 0 Å². The fraction of sp³-hybridized carbons (Fsp3) is 0.0714. The molecule has 0 aliphatic heterocycles. The zero-order chi connectivity index (χ0) is 22.2. The van der Waals surface area contributed by atoms with Crippen molar-refractivity contribution in [2.75, 3.05) is 0 Å². The maximum atomic E-state index is 12.1. The summed E-state index contributed by atoms with van der Waals surface area (Å²) in [6.07, 6.45) is 0. The van der Waals surface area contributed by atoms with E-state index in [-0.39, 0.29) is 43.8 Å². The van der Waals surface area contributed by atoms with Gasteiger partial charge in [-0.15, -0.1) is 24.3 Å². The smallest absolute Gasteiger partial charge is 0.258 e. The van der Waals surface area contributed by atoms with E-state index >= 15 is 0 Å². The first-order valence-electron chi connectivity index (χ1n) is 10.3. The molecule has 5 heteroatoms. The van der Waals surface area contributed by atoms with Crippen molar-refractivity contribution in [1.29, 1.82) is 0 Å². The SMILES string of the molecule is Cn1c(=O)c2ccc[c-]c2c2[c-]cccc21.Cn1c(=O)c2ccccc2c2ccccc21.[Y]. The minimum absolute atomic E-state index is 0. The molecule has 0 saturated heterocycles. The minimum Gasteiger partial charge on any atom is -0.369 e. The zero-order valence-corrected chi connectivity index (χ0v) is 21.2. The summed E-state index contributed by atoms with van der Waals surface area (Å²) >= 11 is 0. The Hall–Kier alpha value is -3.08. The summed E-state index contributed by atoms with van der Waals surface area (Å²) in [5.74, 6) is 0. The Labute approximate surface area is 216 Å². The number of fused-ring (bicyclic) bond motifs is 6. The fourth-order valence-corrected chi connectivity index (χ4v) is 4.21. The van der Waals surface area contributed by atoms with Crippen molar-refractivity contribution in [2.45, 2.75) is 0 Å². The van der Waals surface area contributed by atoms with Gasteiger partial charge < -0.3 is 9.13 Å². The minimum atomic E-state index is 0. The molecule has 0 amide bonds. The number of benzene rings is 4. The molecule has 0 fully saturated rings. The summed E-state index contributed by atoms with van der Waals surface area (Å²) in [6.45, 7) is 0. The number of para-hydroxylation sites is 1. The van der Waals surface area contributed by atoms with E-state index in [0.29, 0.717) is 5.39 Å². The number of aryl methyl sites for hydroxylation is 2. The average molecular weight is 505 g/mol. The first-order valence-corrected chi connectivity index (χ1v) is 10.3. The van der Waals surface area contributed by atoms with Crippen molar-refractivity contribution >= 4 is 43.4 Å². The van der Waals surface area contributed by atoms with E-state index < -0.39 is 0 Å². The van der Waals surface area contributed by atoms with Crippen LogP contribution >= 0.6 is 0 Å². The zero-order valence-electron chi connectivity index (χ0n) is 18.4. The Morgan fingerprint density at radius 1 is 0.545 bits per heavy atom. The summed E-state index contributed by atoms with van der Waals surface area (Å²) < 4.78 is 3.36. The van der Waals surface area contributed by atoms with Gasteiger partial charge >= 0.3 is 0 Å². The Morgan fingerprint density at radius 3 is 1.79 bits per heavy atom. The first-order chi connectivity index (χ1) is 15.6. The van der Waals surface area contributed by atoms with E-state index in [2.05, 4.69) is 18.2 Å². The van der Waals surface area contributed by atoms with Crippen LogP contribution in [0.1, 0.15) is 0 Å². The molecular formula is C28H20N2O2Y-2. The number of hydrogen-bond donors (Lipinski definition) is 0. The molecule has 6 aromatic rings. The van der Waals surface area contributed by atoms with Gasteiger partial charge in [0.15, 0.2) is 5.56 Å². The predicted molar refractivity (Wildman–Crippen MR) is 131 cm³/mol. The number of rotatable bonds is 0. The van der Waals surface area contributed by atoms with Gasteiger partial charge in [0.2, 0.25) is 0 Å². The van der Waals surface area contributed by atoms with Crippen LogP contribution in [-0.2, 0) is 46.8 Å². The van der Waals surface area contributed by atoms with Gasteiger partial charge in [-0.1, -0.05) is 47.3 Å². The molecular weight excluding hydrogens is 485 g/mol. The Balaban J connectivity index is 0.000000152. The van der Waals surface area contributed by atoms with Crippen molar-refractivity contribution < 1.29 is 32.7 Å². The monoisotopic (exact) mass is 505 g/mol. The van der Waals surface area contributed by atoms with Gasteiger partial charge in [0.05, 0.1) is 5.52 Å². The summed E-state index contributed by atoms with van der Waals surface area (Å²) in [6, 6.07) is 33.2. The second kappa shape index (κ2) is 9.42. The number of hydrogen-bond acceptors (Lipinski definition) is 2. The topological polar surface area (TPSA) is 44.0 Å². The van der Waals surface area contributed by atoms with E-state index in [0.717, 1.165) is 38.0 Å². The van der Waals surface area contributed by atoms with Crippen molar-refractivity contribution in [1.82, 2.24) is 9.13 Å². The van der Waals surface area contributed by atoms with E-state index in [1.54, 1.807) is 16.2 Å². The van der Waals surface area contributed by atoms with Crippen molar-refractivity contribution in [3.05, 3.63) is 118 Å². The van der Waals surface area contributed by atoms with E-state index in [1.807, 2.05) is 85.9 Å². The molecule has 0 aliphatic carbocycles. The van der Waals surface area contributed by atoms with Crippen LogP contribution in [-0.4, -0.2) is 9.13 Å². The normalized spacial score (nSPS) is 10.7. The van der Waals surface area contributed by atoms with Crippen LogP contribution < -0.4 is 11.1 Å². The Morgan fingerprint density at radius 2 is 1.03 bits per heavy atom. The molecule has 159 valence electrons. The van der Waals surface area contributed by atoms with Crippen LogP contribution in [0.15, 0.2) is 94.5 Å². The molecule has 0 N–H and O–H groups in total. The molecule has 1 radical (unpaired) electrons. The average Bonchev–Trinajstić information content (AvgIpc) is 2.86. The van der Waals surface area contributed by atoms with Gasteiger partial charge in [-0.3, -0.25) is 9.59 Å². The first kappa shape index (κ1) is 23.1. The molecule has 33 heavy (non-hydrogen) atoms. The van der Waals surface area contributed by atoms with E-state index in [1.165, 1.54) is 0 Å². The summed E-state index contributed by atoms with van der Waals surface area (Å²) in [5, 5.41) is 5.42. The molecule has 0 aliphatic rings. The third-order valence-corrected chi connectivity index (χ3v) is 5.85. The predicted octanol–water partition coefficient (Wildman–Crippen LogP) is 4.98. The van der Waals surface area contributed by atoms with Crippen LogP contribution in [0.3, 0.4) is 0 Å². The van der Waals surface area contributed by atoms with E-state index in [4.69, 9.17) is 0 Å². The molecule has 0 spiro atoms. The molecule has 0 saturated carbocycles. The van der Waals surface area contributed by atoms with Crippen LogP contribution in [0.25, 0.3) is 43.4 Å². The quantitative estimate of drug-likeness (QED) is 0.216. The number of nitrogens with zero attached hydrogens (tertiary/aromatic N) is 2. The van der Waals surface area contributed by atoms with Crippen molar-refractivity contribution in [3.8, 4) is 0 Å². The molecule has 0 atom stereocenters. The molecule has 2 heterocycles. The maximum Gasteiger partial charge on any atom is 0.258 e. The number of aromatic nitrogens is 2. The molecule has 0 unspecified atom stereocenters. The molecule has 0 bridgehead atoms. The van der Waals surface area contributed by atoms with Gasteiger partial charge in [-0.25, -0.2) is 10.8 Å². The van der Waals surface area contributed by atoms with Crippen molar-refractivity contribution in [3.63, 3.8) is 0 Å². The van der Waals surface area contributed by atoms with Crippen LogP contribution in [0.2, 0.25) is 0 Å². The third kappa shape index (κ3) is 3.94. The number of pyridine rings is 2. The molecule has 6 rings (SSSR count). The Kier molecular flexibility index (Phi) is 6.59.